The molecule has 160 valence electrons. The Morgan fingerprint density at radius 3 is 2.20 bits per heavy atom. The molecule has 1 heterocycles. The summed E-state index contributed by atoms with van der Waals surface area (Å²) in [4.78, 5) is 16.7. The number of carbonyl (C=O) groups excluding carboxylic acids is 1. The number of fused-ring (bicyclic) bond motifs is 1. The Kier molecular flexibility index (Phi) is 5.77. The second kappa shape index (κ2) is 8.13. The number of anilines is 1. The summed E-state index contributed by atoms with van der Waals surface area (Å²) >= 11 is 0. The Balaban J connectivity index is 2.06. The van der Waals surface area contributed by atoms with Crippen molar-refractivity contribution in [3.63, 3.8) is 0 Å². The number of benzene rings is 2. The Bertz CT molecular complexity index is 1050. The summed E-state index contributed by atoms with van der Waals surface area (Å²) < 4.78 is 60.2. The molecule has 10 heteroatoms. The number of aromatic nitrogens is 1. The van der Waals surface area contributed by atoms with E-state index in [2.05, 4.69) is 4.98 Å². The molecule has 0 atom stereocenters. The van der Waals surface area contributed by atoms with E-state index >= 15 is 0 Å². The molecule has 30 heavy (non-hydrogen) atoms. The lowest BCUT2D eigenvalue weighted by Gasteiger charge is -2.21. The SMILES string of the molecule is CCN(C(=O)C(F)(F)F)c1ccc2oc(-c3cc(OC)c(OC)c(OC)c3)nc2c1. The maximum Gasteiger partial charge on any atom is 0.471 e. The van der Waals surface area contributed by atoms with E-state index in [0.717, 1.165) is 0 Å². The van der Waals surface area contributed by atoms with Gasteiger partial charge in [0.2, 0.25) is 11.6 Å². The Labute approximate surface area is 169 Å². The van der Waals surface area contributed by atoms with Gasteiger partial charge in [0.05, 0.1) is 21.3 Å². The van der Waals surface area contributed by atoms with Crippen LogP contribution in [-0.2, 0) is 4.79 Å². The standard InChI is InChI=1S/C20H19F3N2O5/c1-5-25(19(26)20(21,22)23)12-6-7-14-13(10-12)24-18(30-14)11-8-15(27-2)17(29-4)16(9-11)28-3/h6-10H,5H2,1-4H3. The van der Waals surface area contributed by atoms with E-state index in [0.29, 0.717) is 38.8 Å². The normalized spacial score (nSPS) is 11.4. The molecule has 3 aromatic rings. The Morgan fingerprint density at radius 1 is 1.07 bits per heavy atom. The maximum atomic E-state index is 12.9. The first-order chi connectivity index (χ1) is 14.2. The molecule has 0 N–H and O–H groups in total. The summed E-state index contributed by atoms with van der Waals surface area (Å²) in [6.07, 6.45) is -4.98. The summed E-state index contributed by atoms with van der Waals surface area (Å²) in [5.74, 6) is -0.568. The van der Waals surface area contributed by atoms with E-state index in [1.807, 2.05) is 0 Å². The van der Waals surface area contributed by atoms with Crippen LogP contribution in [0.15, 0.2) is 34.7 Å². The zero-order valence-corrected chi connectivity index (χ0v) is 16.7. The molecule has 0 aliphatic heterocycles. The lowest BCUT2D eigenvalue weighted by molar-refractivity contribution is -0.170. The number of nitrogens with zero attached hydrogens (tertiary/aromatic N) is 2. The van der Waals surface area contributed by atoms with Crippen LogP contribution < -0.4 is 19.1 Å². The third-order valence-corrected chi connectivity index (χ3v) is 4.40. The average Bonchev–Trinajstić information content (AvgIpc) is 3.15. The molecule has 0 aliphatic rings. The van der Waals surface area contributed by atoms with Gasteiger partial charge in [-0.05, 0) is 37.3 Å². The van der Waals surface area contributed by atoms with Gasteiger partial charge in [0.25, 0.3) is 0 Å². The molecule has 2 aromatic carbocycles. The zero-order valence-electron chi connectivity index (χ0n) is 16.7. The maximum absolute atomic E-state index is 12.9. The Hall–Kier alpha value is -3.43. The van der Waals surface area contributed by atoms with Gasteiger partial charge in [0.1, 0.15) is 5.52 Å². The number of carbonyl (C=O) groups is 1. The lowest BCUT2D eigenvalue weighted by Crippen LogP contribution is -2.41. The highest BCUT2D eigenvalue weighted by Gasteiger charge is 2.42. The van der Waals surface area contributed by atoms with Crippen LogP contribution in [-0.4, -0.2) is 44.9 Å². The van der Waals surface area contributed by atoms with Gasteiger partial charge in [-0.25, -0.2) is 4.98 Å². The third kappa shape index (κ3) is 3.85. The van der Waals surface area contributed by atoms with Gasteiger partial charge in [-0.1, -0.05) is 0 Å². The number of hydrogen-bond donors (Lipinski definition) is 0. The van der Waals surface area contributed by atoms with Crippen LogP contribution >= 0.6 is 0 Å². The van der Waals surface area contributed by atoms with E-state index in [-0.39, 0.29) is 18.1 Å². The molecule has 0 saturated carbocycles. The van der Waals surface area contributed by atoms with Crippen LogP contribution in [0, 0.1) is 0 Å². The monoisotopic (exact) mass is 424 g/mol. The second-order valence-electron chi connectivity index (χ2n) is 6.13. The number of rotatable bonds is 6. The molecule has 0 fully saturated rings. The molecule has 7 nitrogen and oxygen atoms in total. The van der Waals surface area contributed by atoms with Gasteiger partial charge in [-0.15, -0.1) is 0 Å². The van der Waals surface area contributed by atoms with Crippen LogP contribution in [0.1, 0.15) is 6.92 Å². The van der Waals surface area contributed by atoms with Gasteiger partial charge in [-0.3, -0.25) is 4.79 Å². The summed E-state index contributed by atoms with van der Waals surface area (Å²) in [6.45, 7) is 1.30. The van der Waals surface area contributed by atoms with Gasteiger partial charge in [0.15, 0.2) is 17.1 Å². The molecule has 0 spiro atoms. The van der Waals surface area contributed by atoms with Crippen LogP contribution in [0.3, 0.4) is 0 Å². The van der Waals surface area contributed by atoms with E-state index in [1.165, 1.54) is 46.5 Å². The summed E-state index contributed by atoms with van der Waals surface area (Å²) in [6, 6.07) is 7.48. The minimum atomic E-state index is -4.98. The number of ether oxygens (including phenoxy) is 3. The molecule has 0 saturated heterocycles. The summed E-state index contributed by atoms with van der Waals surface area (Å²) in [7, 11) is 4.41. The Morgan fingerprint density at radius 2 is 1.70 bits per heavy atom. The molecule has 1 amide bonds. The first kappa shape index (κ1) is 21.3. The van der Waals surface area contributed by atoms with Crippen molar-refractivity contribution in [2.24, 2.45) is 0 Å². The van der Waals surface area contributed by atoms with Crippen molar-refractivity contribution in [2.75, 3.05) is 32.8 Å². The molecular weight excluding hydrogens is 405 g/mol. The van der Waals surface area contributed by atoms with Crippen molar-refractivity contribution in [3.8, 4) is 28.7 Å². The number of amides is 1. The molecule has 1 aromatic heterocycles. The van der Waals surface area contributed by atoms with Crippen molar-refractivity contribution in [1.29, 1.82) is 0 Å². The predicted molar refractivity (Wildman–Crippen MR) is 103 cm³/mol. The van der Waals surface area contributed by atoms with Gasteiger partial charge >= 0.3 is 12.1 Å². The highest BCUT2D eigenvalue weighted by Crippen LogP contribution is 2.41. The number of hydrogen-bond acceptors (Lipinski definition) is 6. The second-order valence-corrected chi connectivity index (χ2v) is 6.13. The largest absolute Gasteiger partial charge is 0.493 e. The molecule has 0 unspecified atom stereocenters. The van der Waals surface area contributed by atoms with Crippen molar-refractivity contribution < 1.29 is 36.6 Å². The number of alkyl halides is 3. The summed E-state index contributed by atoms with van der Waals surface area (Å²) in [5.41, 5.74) is 1.22. The van der Waals surface area contributed by atoms with Crippen molar-refractivity contribution in [3.05, 3.63) is 30.3 Å². The fourth-order valence-corrected chi connectivity index (χ4v) is 3.01. The molecule has 0 aliphatic carbocycles. The van der Waals surface area contributed by atoms with Crippen molar-refractivity contribution in [1.82, 2.24) is 4.98 Å². The highest BCUT2D eigenvalue weighted by molar-refractivity contribution is 5.98. The number of methoxy groups -OCH3 is 3. The average molecular weight is 424 g/mol. The first-order valence-corrected chi connectivity index (χ1v) is 8.83. The quantitative estimate of drug-likeness (QED) is 0.583. The van der Waals surface area contributed by atoms with E-state index in [9.17, 15) is 18.0 Å². The molecule has 3 rings (SSSR count). The van der Waals surface area contributed by atoms with Gasteiger partial charge < -0.3 is 23.5 Å². The van der Waals surface area contributed by atoms with E-state index in [4.69, 9.17) is 18.6 Å². The number of oxazole rings is 1. The van der Waals surface area contributed by atoms with E-state index < -0.39 is 12.1 Å². The smallest absolute Gasteiger partial charge is 0.471 e. The van der Waals surface area contributed by atoms with Gasteiger partial charge in [-0.2, -0.15) is 13.2 Å². The molecular formula is C20H19F3N2O5. The molecule has 0 radical (unpaired) electrons. The minimum Gasteiger partial charge on any atom is -0.493 e. The van der Waals surface area contributed by atoms with E-state index in [1.54, 1.807) is 12.1 Å². The van der Waals surface area contributed by atoms with Crippen LogP contribution in [0.2, 0.25) is 0 Å². The van der Waals surface area contributed by atoms with Crippen LogP contribution in [0.25, 0.3) is 22.6 Å². The minimum absolute atomic E-state index is 0.0667. The van der Waals surface area contributed by atoms with Crippen LogP contribution in [0.5, 0.6) is 17.2 Å². The first-order valence-electron chi connectivity index (χ1n) is 8.83. The fourth-order valence-electron chi connectivity index (χ4n) is 3.01. The summed E-state index contributed by atoms with van der Waals surface area (Å²) in [5, 5.41) is 0. The fraction of sp³-hybridized carbons (Fsp3) is 0.300. The number of halogens is 3. The lowest BCUT2D eigenvalue weighted by atomic mass is 10.2. The zero-order chi connectivity index (χ0) is 22.1. The predicted octanol–water partition coefficient (Wildman–Crippen LogP) is 4.44. The van der Waals surface area contributed by atoms with Crippen LogP contribution in [0.4, 0.5) is 18.9 Å². The van der Waals surface area contributed by atoms with Crippen molar-refractivity contribution in [2.45, 2.75) is 13.1 Å². The third-order valence-electron chi connectivity index (χ3n) is 4.40. The highest BCUT2D eigenvalue weighted by atomic mass is 19.4. The van der Waals surface area contributed by atoms with Crippen molar-refractivity contribution >= 4 is 22.7 Å². The van der Waals surface area contributed by atoms with Gasteiger partial charge in [0, 0.05) is 17.8 Å². The topological polar surface area (TPSA) is 74.0 Å². The molecule has 0 bridgehead atoms.